The molecule has 5 heteroatoms. The lowest BCUT2D eigenvalue weighted by Gasteiger charge is -2.21. The first-order chi connectivity index (χ1) is 8.45. The van der Waals surface area contributed by atoms with Gasteiger partial charge >= 0.3 is 0 Å². The summed E-state index contributed by atoms with van der Waals surface area (Å²) in [6, 6.07) is 4.74. The topological polar surface area (TPSA) is 32.3 Å². The molecule has 3 nitrogen and oxygen atoms in total. The van der Waals surface area contributed by atoms with Gasteiger partial charge in [0.2, 0.25) is 5.91 Å². The standard InChI is InChI=1S/C13H18BrFN2O/c1-9(7-16-2)13(18)17(3)8-10-6-11(14)4-5-12(10)15/h4-6,9,16H,7-8H2,1-3H3. The Morgan fingerprint density at radius 3 is 2.83 bits per heavy atom. The van der Waals surface area contributed by atoms with E-state index in [1.807, 2.05) is 6.92 Å². The molecular formula is C13H18BrFN2O. The molecule has 1 aromatic carbocycles. The van der Waals surface area contributed by atoms with E-state index in [0.717, 1.165) is 4.47 Å². The second kappa shape index (κ2) is 6.85. The van der Waals surface area contributed by atoms with E-state index in [2.05, 4.69) is 21.2 Å². The Hall–Kier alpha value is -0.940. The van der Waals surface area contributed by atoms with Crippen molar-refractivity contribution >= 4 is 21.8 Å². The summed E-state index contributed by atoms with van der Waals surface area (Å²) in [7, 11) is 3.49. The van der Waals surface area contributed by atoms with Crippen molar-refractivity contribution in [3.05, 3.63) is 34.1 Å². The molecule has 0 spiro atoms. The zero-order valence-corrected chi connectivity index (χ0v) is 12.4. The van der Waals surface area contributed by atoms with E-state index >= 15 is 0 Å². The fraction of sp³-hybridized carbons (Fsp3) is 0.462. The molecule has 0 bridgehead atoms. The number of hydrogen-bond donors (Lipinski definition) is 1. The maximum Gasteiger partial charge on any atom is 0.226 e. The maximum atomic E-state index is 13.6. The minimum absolute atomic E-state index is 0.00345. The Bertz CT molecular complexity index is 425. The van der Waals surface area contributed by atoms with Gasteiger partial charge in [-0.1, -0.05) is 22.9 Å². The Balaban J connectivity index is 2.72. The fourth-order valence-corrected chi connectivity index (χ4v) is 2.18. The summed E-state index contributed by atoms with van der Waals surface area (Å²) >= 11 is 3.30. The van der Waals surface area contributed by atoms with Gasteiger partial charge in [0, 0.05) is 36.1 Å². The molecule has 0 aliphatic carbocycles. The lowest BCUT2D eigenvalue weighted by Crippen LogP contribution is -2.35. The molecule has 1 amide bonds. The lowest BCUT2D eigenvalue weighted by molar-refractivity contribution is -0.134. The van der Waals surface area contributed by atoms with Crippen LogP contribution in [0.15, 0.2) is 22.7 Å². The van der Waals surface area contributed by atoms with Crippen LogP contribution in [0.2, 0.25) is 0 Å². The largest absolute Gasteiger partial charge is 0.341 e. The number of carbonyl (C=O) groups excluding carboxylic acids is 1. The minimum atomic E-state index is -0.292. The first-order valence-electron chi connectivity index (χ1n) is 5.79. The van der Waals surface area contributed by atoms with Crippen LogP contribution in [0.1, 0.15) is 12.5 Å². The smallest absolute Gasteiger partial charge is 0.226 e. The van der Waals surface area contributed by atoms with E-state index in [1.165, 1.54) is 6.07 Å². The van der Waals surface area contributed by atoms with E-state index in [9.17, 15) is 9.18 Å². The van der Waals surface area contributed by atoms with E-state index in [0.29, 0.717) is 12.1 Å². The summed E-state index contributed by atoms with van der Waals surface area (Å²) in [6.07, 6.45) is 0. The summed E-state index contributed by atoms with van der Waals surface area (Å²) < 4.78 is 14.4. The first kappa shape index (κ1) is 15.1. The fourth-order valence-electron chi connectivity index (χ4n) is 1.77. The van der Waals surface area contributed by atoms with Crippen molar-refractivity contribution in [1.82, 2.24) is 10.2 Å². The molecule has 0 radical (unpaired) electrons. The minimum Gasteiger partial charge on any atom is -0.341 e. The van der Waals surface area contributed by atoms with Crippen molar-refractivity contribution in [2.75, 3.05) is 20.6 Å². The van der Waals surface area contributed by atoms with Crippen LogP contribution >= 0.6 is 15.9 Å². The highest BCUT2D eigenvalue weighted by Crippen LogP contribution is 2.17. The summed E-state index contributed by atoms with van der Waals surface area (Å²) in [6.45, 7) is 2.74. The molecule has 1 atom stereocenters. The average Bonchev–Trinajstić information content (AvgIpc) is 2.33. The molecule has 0 aliphatic rings. The predicted molar refractivity (Wildman–Crippen MR) is 73.7 cm³/mol. The van der Waals surface area contributed by atoms with Crippen LogP contribution in [0.5, 0.6) is 0 Å². The van der Waals surface area contributed by atoms with Crippen molar-refractivity contribution in [1.29, 1.82) is 0 Å². The highest BCUT2D eigenvalue weighted by molar-refractivity contribution is 9.10. The summed E-state index contributed by atoms with van der Waals surface area (Å²) in [5, 5.41) is 2.96. The maximum absolute atomic E-state index is 13.6. The number of benzene rings is 1. The van der Waals surface area contributed by atoms with E-state index in [1.54, 1.807) is 31.1 Å². The van der Waals surface area contributed by atoms with Gasteiger partial charge in [0.25, 0.3) is 0 Å². The molecule has 0 aromatic heterocycles. The average molecular weight is 317 g/mol. The van der Waals surface area contributed by atoms with Crippen molar-refractivity contribution in [3.63, 3.8) is 0 Å². The second-order valence-electron chi connectivity index (χ2n) is 4.39. The molecule has 1 N–H and O–H groups in total. The molecule has 0 aliphatic heterocycles. The zero-order chi connectivity index (χ0) is 13.7. The van der Waals surface area contributed by atoms with Gasteiger partial charge in [-0.15, -0.1) is 0 Å². The van der Waals surface area contributed by atoms with Crippen LogP contribution in [0.3, 0.4) is 0 Å². The van der Waals surface area contributed by atoms with Crippen LogP contribution in [0.25, 0.3) is 0 Å². The summed E-state index contributed by atoms with van der Waals surface area (Å²) in [5.74, 6) is -0.405. The lowest BCUT2D eigenvalue weighted by atomic mass is 10.1. The highest BCUT2D eigenvalue weighted by Gasteiger charge is 2.17. The molecule has 1 rings (SSSR count). The second-order valence-corrected chi connectivity index (χ2v) is 5.30. The van der Waals surface area contributed by atoms with Crippen LogP contribution in [0.4, 0.5) is 4.39 Å². The van der Waals surface area contributed by atoms with Gasteiger partial charge in [-0.05, 0) is 25.2 Å². The van der Waals surface area contributed by atoms with Gasteiger partial charge in [-0.3, -0.25) is 4.79 Å². The predicted octanol–water partition coefficient (Wildman–Crippen LogP) is 2.40. The monoisotopic (exact) mass is 316 g/mol. The van der Waals surface area contributed by atoms with Gasteiger partial charge < -0.3 is 10.2 Å². The molecule has 0 fully saturated rings. The Labute approximate surface area is 115 Å². The number of halogens is 2. The third kappa shape index (κ3) is 4.07. The Morgan fingerprint density at radius 1 is 1.56 bits per heavy atom. The number of carbonyl (C=O) groups is 1. The Morgan fingerprint density at radius 2 is 2.22 bits per heavy atom. The molecule has 0 saturated carbocycles. The van der Waals surface area contributed by atoms with Crippen molar-refractivity contribution in [3.8, 4) is 0 Å². The van der Waals surface area contributed by atoms with Crippen molar-refractivity contribution in [2.45, 2.75) is 13.5 Å². The number of amides is 1. The van der Waals surface area contributed by atoms with Crippen LogP contribution < -0.4 is 5.32 Å². The molecule has 1 aromatic rings. The van der Waals surface area contributed by atoms with Gasteiger partial charge in [-0.2, -0.15) is 0 Å². The quantitative estimate of drug-likeness (QED) is 0.904. The zero-order valence-electron chi connectivity index (χ0n) is 10.8. The van der Waals surface area contributed by atoms with Crippen LogP contribution in [-0.4, -0.2) is 31.4 Å². The van der Waals surface area contributed by atoms with E-state index in [4.69, 9.17) is 0 Å². The van der Waals surface area contributed by atoms with Crippen molar-refractivity contribution < 1.29 is 9.18 Å². The normalized spacial score (nSPS) is 12.3. The molecule has 18 heavy (non-hydrogen) atoms. The van der Waals surface area contributed by atoms with Crippen LogP contribution in [0, 0.1) is 11.7 Å². The van der Waals surface area contributed by atoms with Crippen LogP contribution in [-0.2, 0) is 11.3 Å². The molecule has 0 heterocycles. The number of nitrogens with one attached hydrogen (secondary N) is 1. The van der Waals surface area contributed by atoms with Gasteiger partial charge in [0.1, 0.15) is 5.82 Å². The van der Waals surface area contributed by atoms with E-state index in [-0.39, 0.29) is 24.2 Å². The number of nitrogens with zero attached hydrogens (tertiary/aromatic N) is 1. The molecule has 1 unspecified atom stereocenters. The summed E-state index contributed by atoms with van der Waals surface area (Å²) in [5.41, 5.74) is 0.511. The van der Waals surface area contributed by atoms with Gasteiger partial charge in [0.05, 0.1) is 0 Å². The first-order valence-corrected chi connectivity index (χ1v) is 6.58. The number of hydrogen-bond acceptors (Lipinski definition) is 2. The highest BCUT2D eigenvalue weighted by atomic mass is 79.9. The SMILES string of the molecule is CNCC(C)C(=O)N(C)Cc1cc(Br)ccc1F. The van der Waals surface area contributed by atoms with E-state index < -0.39 is 0 Å². The molecule has 0 saturated heterocycles. The van der Waals surface area contributed by atoms with Gasteiger partial charge in [-0.25, -0.2) is 4.39 Å². The van der Waals surface area contributed by atoms with Gasteiger partial charge in [0.15, 0.2) is 0 Å². The van der Waals surface area contributed by atoms with Crippen molar-refractivity contribution in [2.24, 2.45) is 5.92 Å². The number of rotatable bonds is 5. The molecular weight excluding hydrogens is 299 g/mol. The summed E-state index contributed by atoms with van der Waals surface area (Å²) in [4.78, 5) is 13.5. The Kier molecular flexibility index (Phi) is 5.75. The molecule has 100 valence electrons. The third-order valence-electron chi connectivity index (χ3n) is 2.72. The third-order valence-corrected chi connectivity index (χ3v) is 3.22.